The number of para-hydroxylation sites is 1. The van der Waals surface area contributed by atoms with Crippen molar-refractivity contribution in [2.75, 3.05) is 4.90 Å². The summed E-state index contributed by atoms with van der Waals surface area (Å²) in [5.41, 5.74) is 27.7. The van der Waals surface area contributed by atoms with Crippen LogP contribution in [0.3, 0.4) is 0 Å². The van der Waals surface area contributed by atoms with Crippen molar-refractivity contribution in [3.63, 3.8) is 0 Å². The van der Waals surface area contributed by atoms with Gasteiger partial charge in [0.05, 0.1) is 16.8 Å². The van der Waals surface area contributed by atoms with Crippen LogP contribution in [0.15, 0.2) is 261 Å². The highest BCUT2D eigenvalue weighted by Gasteiger charge is 2.54. The van der Waals surface area contributed by atoms with Crippen LogP contribution in [0.2, 0.25) is 0 Å². The molecule has 0 unspecified atom stereocenters. The Balaban J connectivity index is 1.13. The zero-order valence-corrected chi connectivity index (χ0v) is 39.8. The maximum Gasteiger partial charge on any atom is 0.0746 e. The van der Waals surface area contributed by atoms with Gasteiger partial charge in [0.25, 0.3) is 0 Å². The Hall–Kier alpha value is -8.78. The summed E-state index contributed by atoms with van der Waals surface area (Å²) in [6, 6.07) is 97.8. The van der Waals surface area contributed by atoms with Crippen LogP contribution >= 0.6 is 0 Å². The lowest BCUT2D eigenvalue weighted by molar-refractivity contribution is 0.660. The standard InChI is InChI=1S/C70H49N/c1-69(2)61-31-17-15-29-55(61)56-41-37-53(45-62(56)69)71(66-32-18-16-28-54(66)49-26-13-6-14-27-49)67-33-19-30-60-59-40-36-52(48-24-11-5-12-25-48)44-65(59)70(68(60)67)63-42-50(46-20-7-3-8-21-46)34-38-57(63)58-39-35-51(43-64(58)70)47-22-9-4-10-23-47/h3-45H,1-2H3. The van der Waals surface area contributed by atoms with Gasteiger partial charge in [-0.25, -0.2) is 0 Å². The summed E-state index contributed by atoms with van der Waals surface area (Å²) in [4.78, 5) is 2.60. The lowest BCUT2D eigenvalue weighted by Gasteiger charge is -2.37. The van der Waals surface area contributed by atoms with Gasteiger partial charge in [0, 0.05) is 22.2 Å². The van der Waals surface area contributed by atoms with Crippen LogP contribution in [0.1, 0.15) is 47.2 Å². The molecule has 11 aromatic carbocycles. The molecule has 1 heteroatoms. The molecule has 0 aromatic heterocycles. The van der Waals surface area contributed by atoms with Gasteiger partial charge in [-0.1, -0.05) is 232 Å². The van der Waals surface area contributed by atoms with Crippen molar-refractivity contribution in [1.82, 2.24) is 0 Å². The van der Waals surface area contributed by atoms with E-state index >= 15 is 0 Å². The fourth-order valence-electron chi connectivity index (χ4n) is 12.7. The molecule has 0 aliphatic heterocycles. The van der Waals surface area contributed by atoms with Gasteiger partial charge in [-0.3, -0.25) is 0 Å². The van der Waals surface area contributed by atoms with E-state index in [0.29, 0.717) is 0 Å². The Labute approximate surface area is 416 Å². The number of fused-ring (bicyclic) bond motifs is 13. The minimum Gasteiger partial charge on any atom is -0.310 e. The van der Waals surface area contributed by atoms with E-state index in [1.165, 1.54) is 111 Å². The Morgan fingerprint density at radius 3 is 1.20 bits per heavy atom. The van der Waals surface area contributed by atoms with Crippen LogP contribution in [0.25, 0.3) is 77.9 Å². The number of hydrogen-bond acceptors (Lipinski definition) is 1. The summed E-state index contributed by atoms with van der Waals surface area (Å²) in [6.07, 6.45) is 0. The molecule has 0 heterocycles. The van der Waals surface area contributed by atoms with Crippen LogP contribution in [0.5, 0.6) is 0 Å². The van der Waals surface area contributed by atoms with Crippen molar-refractivity contribution in [3.8, 4) is 77.9 Å². The van der Waals surface area contributed by atoms with Gasteiger partial charge in [0.1, 0.15) is 0 Å². The zero-order valence-electron chi connectivity index (χ0n) is 39.8. The maximum atomic E-state index is 2.60. The minimum absolute atomic E-state index is 0.193. The van der Waals surface area contributed by atoms with Crippen molar-refractivity contribution in [3.05, 3.63) is 294 Å². The molecule has 1 spiro atoms. The predicted octanol–water partition coefficient (Wildman–Crippen LogP) is 18.5. The molecule has 3 aliphatic rings. The first kappa shape index (κ1) is 41.2. The largest absolute Gasteiger partial charge is 0.310 e. The van der Waals surface area contributed by atoms with E-state index in [1.807, 2.05) is 0 Å². The fraction of sp³-hybridized carbons (Fsp3) is 0.0571. The molecule has 0 N–H and O–H groups in total. The second kappa shape index (κ2) is 15.9. The van der Waals surface area contributed by atoms with Crippen LogP contribution in [0, 0.1) is 0 Å². The quantitative estimate of drug-likeness (QED) is 0.154. The third kappa shape index (κ3) is 6.13. The number of hydrogen-bond donors (Lipinski definition) is 0. The van der Waals surface area contributed by atoms with Gasteiger partial charge in [-0.05, 0) is 143 Å². The molecule has 71 heavy (non-hydrogen) atoms. The summed E-state index contributed by atoms with van der Waals surface area (Å²) in [5, 5.41) is 0. The van der Waals surface area contributed by atoms with Gasteiger partial charge >= 0.3 is 0 Å². The summed E-state index contributed by atoms with van der Waals surface area (Å²) < 4.78 is 0. The third-order valence-electron chi connectivity index (χ3n) is 15.9. The summed E-state index contributed by atoms with van der Waals surface area (Å²) in [6.45, 7) is 4.78. The molecule has 3 aliphatic carbocycles. The first-order chi connectivity index (χ1) is 35.0. The van der Waals surface area contributed by atoms with Crippen molar-refractivity contribution in [2.24, 2.45) is 0 Å². The van der Waals surface area contributed by atoms with E-state index in [0.717, 1.165) is 17.1 Å². The molecule has 0 radical (unpaired) electrons. The SMILES string of the molecule is CC1(C)c2ccccc2-c2ccc(N(c3ccccc3-c3ccccc3)c3cccc4c3C3(c5cc(-c6ccccc6)ccc5-c5ccc(-c6ccccc6)cc53)c3cc(-c5ccccc5)ccc3-4)cc21. The van der Waals surface area contributed by atoms with Crippen molar-refractivity contribution < 1.29 is 0 Å². The lowest BCUT2D eigenvalue weighted by Crippen LogP contribution is -2.28. The number of rotatable bonds is 7. The first-order valence-electron chi connectivity index (χ1n) is 24.9. The van der Waals surface area contributed by atoms with E-state index in [2.05, 4.69) is 280 Å². The topological polar surface area (TPSA) is 3.24 Å². The van der Waals surface area contributed by atoms with Crippen LogP contribution in [-0.4, -0.2) is 0 Å². The molecule has 14 rings (SSSR count). The predicted molar refractivity (Wildman–Crippen MR) is 297 cm³/mol. The minimum atomic E-state index is -0.724. The summed E-state index contributed by atoms with van der Waals surface area (Å²) in [7, 11) is 0. The van der Waals surface area contributed by atoms with Gasteiger partial charge in [-0.2, -0.15) is 0 Å². The molecular formula is C70H49N. The highest BCUT2D eigenvalue weighted by molar-refractivity contribution is 6.03. The molecule has 334 valence electrons. The molecule has 0 bridgehead atoms. The van der Waals surface area contributed by atoms with Crippen molar-refractivity contribution in [1.29, 1.82) is 0 Å². The molecule has 1 nitrogen and oxygen atoms in total. The van der Waals surface area contributed by atoms with Crippen LogP contribution in [0.4, 0.5) is 17.1 Å². The molecule has 0 saturated heterocycles. The second-order valence-electron chi connectivity index (χ2n) is 19.9. The number of nitrogens with zero attached hydrogens (tertiary/aromatic N) is 1. The van der Waals surface area contributed by atoms with E-state index in [9.17, 15) is 0 Å². The maximum absolute atomic E-state index is 2.60. The monoisotopic (exact) mass is 903 g/mol. The molecule has 0 atom stereocenters. The fourth-order valence-corrected chi connectivity index (χ4v) is 12.7. The van der Waals surface area contributed by atoms with E-state index < -0.39 is 5.41 Å². The average Bonchev–Trinajstić information content (AvgIpc) is 4.00. The van der Waals surface area contributed by atoms with Gasteiger partial charge in [0.15, 0.2) is 0 Å². The normalized spacial score (nSPS) is 13.7. The molecular weight excluding hydrogens is 855 g/mol. The van der Waals surface area contributed by atoms with Gasteiger partial charge in [-0.15, -0.1) is 0 Å². The summed E-state index contributed by atoms with van der Waals surface area (Å²) >= 11 is 0. The first-order valence-corrected chi connectivity index (χ1v) is 24.9. The van der Waals surface area contributed by atoms with E-state index in [-0.39, 0.29) is 5.41 Å². The summed E-state index contributed by atoms with van der Waals surface area (Å²) in [5.74, 6) is 0. The van der Waals surface area contributed by atoms with Crippen LogP contribution in [-0.2, 0) is 10.8 Å². The smallest absolute Gasteiger partial charge is 0.0746 e. The lowest BCUT2D eigenvalue weighted by atomic mass is 9.68. The van der Waals surface area contributed by atoms with E-state index in [4.69, 9.17) is 0 Å². The third-order valence-corrected chi connectivity index (χ3v) is 15.9. The Bertz CT molecular complexity index is 3720. The molecule has 0 saturated carbocycles. The van der Waals surface area contributed by atoms with Gasteiger partial charge in [0.2, 0.25) is 0 Å². The van der Waals surface area contributed by atoms with E-state index in [1.54, 1.807) is 0 Å². The molecule has 0 fully saturated rings. The Morgan fingerprint density at radius 2 is 0.648 bits per heavy atom. The highest BCUT2D eigenvalue weighted by atomic mass is 15.1. The van der Waals surface area contributed by atoms with Gasteiger partial charge < -0.3 is 4.90 Å². The Kier molecular flexibility index (Phi) is 9.22. The average molecular weight is 904 g/mol. The van der Waals surface area contributed by atoms with Crippen molar-refractivity contribution in [2.45, 2.75) is 24.7 Å². The number of benzene rings is 11. The highest BCUT2D eigenvalue weighted by Crippen LogP contribution is 2.67. The molecule has 0 amide bonds. The van der Waals surface area contributed by atoms with Crippen molar-refractivity contribution >= 4 is 17.1 Å². The molecule has 11 aromatic rings. The Morgan fingerprint density at radius 1 is 0.254 bits per heavy atom. The van der Waals surface area contributed by atoms with Crippen LogP contribution < -0.4 is 4.90 Å². The zero-order chi connectivity index (χ0) is 47.3. The number of anilines is 3. The second-order valence-corrected chi connectivity index (χ2v) is 19.9.